The Balaban J connectivity index is 1.51. The van der Waals surface area contributed by atoms with Gasteiger partial charge in [-0.1, -0.05) is 11.6 Å². The number of hydrogen-bond acceptors (Lipinski definition) is 6. The van der Waals surface area contributed by atoms with Crippen LogP contribution in [0.5, 0.6) is 0 Å². The number of aromatic nitrogens is 2. The molecule has 1 N–H and O–H groups in total. The minimum atomic E-state index is -0.619. The van der Waals surface area contributed by atoms with Crippen LogP contribution in [0.4, 0.5) is 10.6 Å². The van der Waals surface area contributed by atoms with E-state index in [1.807, 2.05) is 45.9 Å². The highest BCUT2D eigenvalue weighted by Crippen LogP contribution is 2.32. The first kappa shape index (κ1) is 24.9. The summed E-state index contributed by atoms with van der Waals surface area (Å²) in [5, 5.41) is 5.04. The summed E-state index contributed by atoms with van der Waals surface area (Å²) in [4.78, 5) is 35.6. The Bertz CT molecular complexity index is 1260. The van der Waals surface area contributed by atoms with Gasteiger partial charge in [-0.15, -0.1) is 0 Å². The molecule has 4 rings (SSSR count). The molecule has 0 spiro atoms. The van der Waals surface area contributed by atoms with Crippen molar-refractivity contribution >= 4 is 40.2 Å². The van der Waals surface area contributed by atoms with Crippen molar-refractivity contribution in [2.45, 2.75) is 45.8 Å². The van der Waals surface area contributed by atoms with Gasteiger partial charge in [-0.25, -0.2) is 9.78 Å². The fraction of sp³-hybridized carbons (Fsp3) is 0.385. The van der Waals surface area contributed by atoms with Gasteiger partial charge < -0.3 is 19.7 Å². The molecule has 0 bridgehead atoms. The fourth-order valence-corrected chi connectivity index (χ4v) is 4.27. The number of anilines is 1. The average Bonchev–Trinajstić information content (AvgIpc) is 2.78. The fourth-order valence-electron chi connectivity index (χ4n) is 4.00. The summed E-state index contributed by atoms with van der Waals surface area (Å²) >= 11 is 6.53. The Morgan fingerprint density at radius 3 is 2.80 bits per heavy atom. The third-order valence-electron chi connectivity index (χ3n) is 5.68. The maximum atomic E-state index is 12.9. The van der Waals surface area contributed by atoms with Crippen molar-refractivity contribution in [2.75, 3.05) is 25.1 Å². The molecule has 0 saturated carbocycles. The summed E-state index contributed by atoms with van der Waals surface area (Å²) in [5.74, 6) is 0.130. The zero-order chi connectivity index (χ0) is 25.2. The number of carbonyl (C=O) groups excluding carboxylic acids is 2. The molecule has 184 valence electrons. The van der Waals surface area contributed by atoms with Gasteiger partial charge in [0.25, 0.3) is 0 Å². The van der Waals surface area contributed by atoms with Crippen molar-refractivity contribution in [3.05, 3.63) is 53.4 Å². The van der Waals surface area contributed by atoms with Crippen molar-refractivity contribution in [1.82, 2.24) is 14.9 Å². The number of halogens is 1. The van der Waals surface area contributed by atoms with E-state index in [4.69, 9.17) is 21.1 Å². The molecule has 2 aromatic heterocycles. The van der Waals surface area contributed by atoms with E-state index in [-0.39, 0.29) is 18.9 Å². The van der Waals surface area contributed by atoms with Crippen LogP contribution >= 0.6 is 11.6 Å². The predicted molar refractivity (Wildman–Crippen MR) is 136 cm³/mol. The van der Waals surface area contributed by atoms with E-state index in [1.165, 1.54) is 0 Å². The first-order valence-electron chi connectivity index (χ1n) is 11.5. The lowest BCUT2D eigenvalue weighted by Crippen LogP contribution is -2.51. The number of carbonyl (C=O) groups is 2. The van der Waals surface area contributed by atoms with E-state index in [0.717, 1.165) is 27.5 Å². The van der Waals surface area contributed by atoms with E-state index in [1.54, 1.807) is 29.6 Å². The Kier molecular flexibility index (Phi) is 7.23. The molecule has 1 aromatic carbocycles. The van der Waals surface area contributed by atoms with Crippen LogP contribution in [0, 0.1) is 6.92 Å². The second kappa shape index (κ2) is 10.2. The van der Waals surface area contributed by atoms with Crippen molar-refractivity contribution < 1.29 is 19.1 Å². The summed E-state index contributed by atoms with van der Waals surface area (Å²) in [6, 6.07) is 7.20. The highest BCUT2D eigenvalue weighted by Gasteiger charge is 2.32. The van der Waals surface area contributed by atoms with E-state index in [0.29, 0.717) is 24.0 Å². The van der Waals surface area contributed by atoms with E-state index < -0.39 is 17.7 Å². The maximum Gasteiger partial charge on any atom is 0.410 e. The average molecular weight is 497 g/mol. The molecule has 9 heteroatoms. The number of amides is 2. The van der Waals surface area contributed by atoms with Gasteiger partial charge >= 0.3 is 6.09 Å². The highest BCUT2D eigenvalue weighted by atomic mass is 35.5. The van der Waals surface area contributed by atoms with Crippen LogP contribution in [0.2, 0.25) is 5.02 Å². The molecule has 1 fully saturated rings. The normalized spacial score (nSPS) is 16.3. The van der Waals surface area contributed by atoms with Crippen LogP contribution in [0.1, 0.15) is 32.8 Å². The number of nitrogens with one attached hydrogen (secondary N) is 1. The van der Waals surface area contributed by atoms with Crippen LogP contribution < -0.4 is 5.32 Å². The van der Waals surface area contributed by atoms with Crippen molar-refractivity contribution in [2.24, 2.45) is 0 Å². The smallest absolute Gasteiger partial charge is 0.410 e. The Morgan fingerprint density at radius 2 is 2.06 bits per heavy atom. The van der Waals surface area contributed by atoms with Gasteiger partial charge in [0.1, 0.15) is 11.4 Å². The zero-order valence-corrected chi connectivity index (χ0v) is 21.1. The molecule has 1 aliphatic rings. The molecule has 0 aliphatic carbocycles. The molecular formula is C26H29ClN4O4. The number of hydrogen-bond donors (Lipinski definition) is 1. The number of aryl methyl sites for hydroxylation is 1. The summed E-state index contributed by atoms with van der Waals surface area (Å²) in [6.07, 6.45) is 4.81. The predicted octanol–water partition coefficient (Wildman–Crippen LogP) is 5.22. The third kappa shape index (κ3) is 6.07. The molecule has 0 radical (unpaired) electrons. The van der Waals surface area contributed by atoms with Gasteiger partial charge in [0.05, 0.1) is 24.3 Å². The van der Waals surface area contributed by atoms with Gasteiger partial charge in [0.2, 0.25) is 5.91 Å². The minimum absolute atomic E-state index is 0.0641. The standard InChI is InChI=1S/C26H29ClN4O4/c1-16-5-6-28-13-20(16)17-9-18-11-23(29-14-21(18)22(27)10-17)30-24(32)12-19-15-34-8-7-31(19)25(33)35-26(2,3)4/h5-6,9-11,13-14,19H,7-8,12,15H2,1-4H3,(H,29,30,32). The van der Waals surface area contributed by atoms with Crippen LogP contribution in [-0.2, 0) is 14.3 Å². The number of pyridine rings is 2. The van der Waals surface area contributed by atoms with E-state index in [9.17, 15) is 9.59 Å². The SMILES string of the molecule is Cc1ccncc1-c1cc(Cl)c2cnc(NC(=O)CC3COCCN3C(=O)OC(C)(C)C)cc2c1. The lowest BCUT2D eigenvalue weighted by Gasteiger charge is -2.36. The summed E-state index contributed by atoms with van der Waals surface area (Å²) < 4.78 is 11.0. The lowest BCUT2D eigenvalue weighted by atomic mass is 10.0. The second-order valence-electron chi connectivity index (χ2n) is 9.59. The molecule has 1 aliphatic heterocycles. The lowest BCUT2D eigenvalue weighted by molar-refractivity contribution is -0.119. The van der Waals surface area contributed by atoms with Gasteiger partial charge in [0, 0.05) is 42.5 Å². The molecule has 35 heavy (non-hydrogen) atoms. The molecule has 3 heterocycles. The molecule has 1 unspecified atom stereocenters. The monoisotopic (exact) mass is 496 g/mol. The number of ether oxygens (including phenoxy) is 2. The zero-order valence-electron chi connectivity index (χ0n) is 20.3. The number of nitrogens with zero attached hydrogens (tertiary/aromatic N) is 3. The van der Waals surface area contributed by atoms with Crippen molar-refractivity contribution in [3.8, 4) is 11.1 Å². The molecule has 3 aromatic rings. The van der Waals surface area contributed by atoms with Crippen LogP contribution in [-0.4, -0.2) is 58.3 Å². The number of fused-ring (bicyclic) bond motifs is 1. The van der Waals surface area contributed by atoms with Gasteiger partial charge in [-0.3, -0.25) is 9.78 Å². The largest absolute Gasteiger partial charge is 0.444 e. The van der Waals surface area contributed by atoms with Gasteiger partial charge in [0.15, 0.2) is 0 Å². The maximum absolute atomic E-state index is 12.9. The van der Waals surface area contributed by atoms with Crippen molar-refractivity contribution in [1.29, 1.82) is 0 Å². The Hall–Kier alpha value is -3.23. The van der Waals surface area contributed by atoms with Crippen molar-refractivity contribution in [3.63, 3.8) is 0 Å². The number of benzene rings is 1. The Labute approximate surface area is 209 Å². The first-order chi connectivity index (χ1) is 16.6. The van der Waals surface area contributed by atoms with Gasteiger partial charge in [-0.05, 0) is 68.5 Å². The summed E-state index contributed by atoms with van der Waals surface area (Å²) in [6.45, 7) is 8.49. The molecule has 8 nitrogen and oxygen atoms in total. The van der Waals surface area contributed by atoms with Crippen LogP contribution in [0.15, 0.2) is 42.9 Å². The van der Waals surface area contributed by atoms with Gasteiger partial charge in [-0.2, -0.15) is 0 Å². The molecular weight excluding hydrogens is 468 g/mol. The topological polar surface area (TPSA) is 93.6 Å². The van der Waals surface area contributed by atoms with Crippen LogP contribution in [0.25, 0.3) is 21.9 Å². The quantitative estimate of drug-likeness (QED) is 0.532. The third-order valence-corrected chi connectivity index (χ3v) is 5.99. The highest BCUT2D eigenvalue weighted by molar-refractivity contribution is 6.36. The number of morpholine rings is 1. The Morgan fingerprint density at radius 1 is 1.26 bits per heavy atom. The number of rotatable bonds is 4. The summed E-state index contributed by atoms with van der Waals surface area (Å²) in [7, 11) is 0. The van der Waals surface area contributed by atoms with E-state index >= 15 is 0 Å². The van der Waals surface area contributed by atoms with Crippen LogP contribution in [0.3, 0.4) is 0 Å². The van der Waals surface area contributed by atoms with E-state index in [2.05, 4.69) is 15.3 Å². The first-order valence-corrected chi connectivity index (χ1v) is 11.9. The second-order valence-corrected chi connectivity index (χ2v) is 10.0. The molecule has 1 atom stereocenters. The molecule has 1 saturated heterocycles. The molecule has 2 amide bonds. The minimum Gasteiger partial charge on any atom is -0.444 e. The summed E-state index contributed by atoms with van der Waals surface area (Å²) in [5.41, 5.74) is 2.38.